The number of hydrazine groups is 1. The highest BCUT2D eigenvalue weighted by Crippen LogP contribution is 2.47. The number of sulfonamides is 1. The van der Waals surface area contributed by atoms with Crippen LogP contribution in [0.4, 0.5) is 4.39 Å². The van der Waals surface area contributed by atoms with Crippen LogP contribution in [0.25, 0.3) is 22.2 Å². The number of aromatic amines is 1. The highest BCUT2D eigenvalue weighted by atomic mass is 32.2. The molecule has 4 aromatic carbocycles. The second-order valence-electron chi connectivity index (χ2n) is 11.7. The molecule has 2 unspecified atom stereocenters. The molecule has 0 spiro atoms. The molecule has 6 rings (SSSR count). The van der Waals surface area contributed by atoms with Gasteiger partial charge in [0, 0.05) is 22.0 Å². The van der Waals surface area contributed by atoms with E-state index in [4.69, 9.17) is 0 Å². The third-order valence-electron chi connectivity index (χ3n) is 8.12. The third kappa shape index (κ3) is 5.74. The fourth-order valence-electron chi connectivity index (χ4n) is 6.01. The van der Waals surface area contributed by atoms with Crippen LogP contribution in [0.3, 0.4) is 0 Å². The molecule has 5 aromatic rings. The number of nitrogens with one attached hydrogen (secondary N) is 3. The second kappa shape index (κ2) is 11.9. The molecule has 0 radical (unpaired) electrons. The standard InChI is InChI=1S/C35H33FN4O4S/c1-21(2)20-30(34(41)38-39-45(43,44)25-18-16-24(36)17-19-25)40-33(26-8-4-5-9-27(26)35(40)42)31-28-10-6-7-11-29(28)37-32(31)23-14-12-22(3)13-15-23/h4-19,21,30,33,37,39H,20H2,1-3H3,(H,38,41). The monoisotopic (exact) mass is 624 g/mol. The molecular formula is C35H33FN4O4S. The number of hydrogen-bond donors (Lipinski definition) is 3. The number of carbonyl (C=O) groups excluding carboxylic acids is 2. The Morgan fingerprint density at radius 1 is 0.933 bits per heavy atom. The van der Waals surface area contributed by atoms with Gasteiger partial charge in [-0.15, -0.1) is 4.83 Å². The van der Waals surface area contributed by atoms with E-state index in [0.29, 0.717) is 5.56 Å². The van der Waals surface area contributed by atoms with E-state index in [2.05, 4.69) is 15.2 Å². The van der Waals surface area contributed by atoms with Crippen molar-refractivity contribution in [3.8, 4) is 11.3 Å². The number of nitrogens with zero attached hydrogens (tertiary/aromatic N) is 1. The second-order valence-corrected chi connectivity index (χ2v) is 13.4. The average molecular weight is 625 g/mol. The number of carbonyl (C=O) groups is 2. The molecule has 2 atom stereocenters. The summed E-state index contributed by atoms with van der Waals surface area (Å²) in [6, 6.07) is 25.9. The van der Waals surface area contributed by atoms with E-state index >= 15 is 0 Å². The Hall–Kier alpha value is -4.80. The summed E-state index contributed by atoms with van der Waals surface area (Å²) in [5.74, 6) is -1.61. The van der Waals surface area contributed by atoms with E-state index in [-0.39, 0.29) is 23.1 Å². The molecule has 0 bridgehead atoms. The first kappa shape index (κ1) is 30.2. The van der Waals surface area contributed by atoms with Crippen LogP contribution in [0.1, 0.15) is 53.4 Å². The van der Waals surface area contributed by atoms with E-state index in [9.17, 15) is 22.4 Å². The Balaban J connectivity index is 1.46. The van der Waals surface area contributed by atoms with Crippen molar-refractivity contribution in [1.82, 2.24) is 20.1 Å². The molecule has 1 aliphatic rings. The largest absolute Gasteiger partial charge is 0.354 e. The molecular weight excluding hydrogens is 591 g/mol. The first-order valence-corrected chi connectivity index (χ1v) is 16.2. The van der Waals surface area contributed by atoms with Gasteiger partial charge in [-0.1, -0.05) is 80.1 Å². The molecule has 0 fully saturated rings. The minimum Gasteiger partial charge on any atom is -0.354 e. The lowest BCUT2D eigenvalue weighted by Crippen LogP contribution is -2.53. The minimum atomic E-state index is -4.21. The molecule has 0 saturated carbocycles. The number of benzene rings is 4. The van der Waals surface area contributed by atoms with E-state index < -0.39 is 33.8 Å². The molecule has 0 saturated heterocycles. The summed E-state index contributed by atoms with van der Waals surface area (Å²) >= 11 is 0. The number of amides is 2. The van der Waals surface area contributed by atoms with Crippen molar-refractivity contribution < 1.29 is 22.4 Å². The Kier molecular flexibility index (Phi) is 8.03. The van der Waals surface area contributed by atoms with E-state index in [1.54, 1.807) is 17.0 Å². The quantitative estimate of drug-likeness (QED) is 0.168. The lowest BCUT2D eigenvalue weighted by molar-refractivity contribution is -0.127. The molecule has 8 nitrogen and oxygen atoms in total. The molecule has 1 aromatic heterocycles. The van der Waals surface area contributed by atoms with Gasteiger partial charge in [0.1, 0.15) is 11.9 Å². The Morgan fingerprint density at radius 3 is 2.31 bits per heavy atom. The van der Waals surface area contributed by atoms with Crippen molar-refractivity contribution in [2.75, 3.05) is 0 Å². The lowest BCUT2D eigenvalue weighted by Gasteiger charge is -2.34. The highest BCUT2D eigenvalue weighted by molar-refractivity contribution is 7.89. The van der Waals surface area contributed by atoms with Crippen LogP contribution < -0.4 is 10.3 Å². The van der Waals surface area contributed by atoms with Gasteiger partial charge in [0.2, 0.25) is 0 Å². The van der Waals surface area contributed by atoms with Gasteiger partial charge in [0.05, 0.1) is 16.6 Å². The van der Waals surface area contributed by atoms with Gasteiger partial charge >= 0.3 is 0 Å². The van der Waals surface area contributed by atoms with E-state index in [0.717, 1.165) is 63.1 Å². The zero-order valence-electron chi connectivity index (χ0n) is 25.0. The summed E-state index contributed by atoms with van der Waals surface area (Å²) in [5.41, 5.74) is 8.19. The predicted molar refractivity (Wildman–Crippen MR) is 171 cm³/mol. The van der Waals surface area contributed by atoms with Crippen LogP contribution in [0.5, 0.6) is 0 Å². The molecule has 230 valence electrons. The molecule has 2 heterocycles. The van der Waals surface area contributed by atoms with Crippen LogP contribution in [0, 0.1) is 18.7 Å². The van der Waals surface area contributed by atoms with E-state index in [1.165, 1.54) is 0 Å². The number of para-hydroxylation sites is 1. The van der Waals surface area contributed by atoms with Crippen LogP contribution in [-0.2, 0) is 14.8 Å². The number of aryl methyl sites for hydroxylation is 1. The van der Waals surface area contributed by atoms with Crippen LogP contribution in [0.15, 0.2) is 102 Å². The maximum atomic E-state index is 14.3. The van der Waals surface area contributed by atoms with Crippen LogP contribution >= 0.6 is 0 Å². The molecule has 2 amide bonds. The summed E-state index contributed by atoms with van der Waals surface area (Å²) in [7, 11) is -4.21. The van der Waals surface area contributed by atoms with E-state index in [1.807, 2.05) is 81.4 Å². The SMILES string of the molecule is Cc1ccc(-c2[nH]c3ccccc3c2C2c3ccccc3C(=O)N2C(CC(C)C)C(=O)NNS(=O)(=O)c2ccc(F)cc2)cc1. The molecule has 10 heteroatoms. The van der Waals surface area contributed by atoms with Gasteiger partial charge in [-0.05, 0) is 66.8 Å². The van der Waals surface area contributed by atoms with Gasteiger partial charge in [0.15, 0.2) is 0 Å². The fraction of sp³-hybridized carbons (Fsp3) is 0.200. The summed E-state index contributed by atoms with van der Waals surface area (Å²) in [6.07, 6.45) is 0.266. The maximum absolute atomic E-state index is 14.3. The number of halogens is 1. The van der Waals surface area contributed by atoms with Gasteiger partial charge in [0.25, 0.3) is 21.8 Å². The molecule has 1 aliphatic heterocycles. The van der Waals surface area contributed by atoms with Crippen molar-refractivity contribution in [2.24, 2.45) is 5.92 Å². The summed E-state index contributed by atoms with van der Waals surface area (Å²) in [6.45, 7) is 5.90. The summed E-state index contributed by atoms with van der Waals surface area (Å²) in [4.78, 5) is 35.3. The number of aromatic nitrogens is 1. The summed E-state index contributed by atoms with van der Waals surface area (Å²) < 4.78 is 39.3. The van der Waals surface area contributed by atoms with Gasteiger partial charge in [-0.25, -0.2) is 12.8 Å². The van der Waals surface area contributed by atoms with Gasteiger partial charge in [-0.2, -0.15) is 0 Å². The molecule has 3 N–H and O–H groups in total. The maximum Gasteiger partial charge on any atom is 0.257 e. The molecule has 0 aliphatic carbocycles. The number of H-pyrrole nitrogens is 1. The highest BCUT2D eigenvalue weighted by Gasteiger charge is 2.46. The van der Waals surface area contributed by atoms with Crippen LogP contribution in [-0.4, -0.2) is 36.2 Å². The summed E-state index contributed by atoms with van der Waals surface area (Å²) in [5, 5.41) is 0.910. The lowest BCUT2D eigenvalue weighted by atomic mass is 9.91. The van der Waals surface area contributed by atoms with Crippen molar-refractivity contribution in [1.29, 1.82) is 0 Å². The smallest absolute Gasteiger partial charge is 0.257 e. The normalized spacial score (nSPS) is 15.4. The van der Waals surface area contributed by atoms with Crippen LogP contribution in [0.2, 0.25) is 0 Å². The number of hydrogen-bond acceptors (Lipinski definition) is 4. The van der Waals surface area contributed by atoms with Crippen molar-refractivity contribution in [3.63, 3.8) is 0 Å². The Bertz CT molecular complexity index is 2000. The average Bonchev–Trinajstić information content (AvgIpc) is 3.54. The minimum absolute atomic E-state index is 0.0221. The predicted octanol–water partition coefficient (Wildman–Crippen LogP) is 6.25. The number of fused-ring (bicyclic) bond motifs is 2. The first-order valence-electron chi connectivity index (χ1n) is 14.7. The van der Waals surface area contributed by atoms with Crippen molar-refractivity contribution >= 4 is 32.7 Å². The Labute approximate surface area is 261 Å². The number of rotatable bonds is 9. The van der Waals surface area contributed by atoms with Crippen molar-refractivity contribution in [2.45, 2.75) is 44.2 Å². The molecule has 45 heavy (non-hydrogen) atoms. The van der Waals surface area contributed by atoms with Gasteiger partial charge in [-0.3, -0.25) is 15.0 Å². The first-order chi connectivity index (χ1) is 21.5. The third-order valence-corrected chi connectivity index (χ3v) is 9.39. The Morgan fingerprint density at radius 2 is 1.60 bits per heavy atom. The van der Waals surface area contributed by atoms with Crippen molar-refractivity contribution in [3.05, 3.63) is 125 Å². The topological polar surface area (TPSA) is 111 Å². The zero-order valence-corrected chi connectivity index (χ0v) is 25.9. The van der Waals surface area contributed by atoms with Gasteiger partial charge < -0.3 is 9.88 Å². The fourth-order valence-corrected chi connectivity index (χ4v) is 6.86. The zero-order chi connectivity index (χ0) is 31.9.